The highest BCUT2D eigenvalue weighted by molar-refractivity contribution is 6.31. The predicted octanol–water partition coefficient (Wildman–Crippen LogP) is 4.04. The zero-order valence-electron chi connectivity index (χ0n) is 21.0. The smallest absolute Gasteiger partial charge is 0.223 e. The Balaban J connectivity index is 1.50. The van der Waals surface area contributed by atoms with Crippen molar-refractivity contribution in [3.63, 3.8) is 0 Å². The number of carbonyl (C=O) groups excluding carboxylic acids is 2. The van der Waals surface area contributed by atoms with Crippen molar-refractivity contribution >= 4 is 23.4 Å². The first kappa shape index (κ1) is 27.1. The second kappa shape index (κ2) is 11.6. The monoisotopic (exact) mass is 526 g/mol. The van der Waals surface area contributed by atoms with E-state index in [9.17, 15) is 14.7 Å². The first-order valence-corrected chi connectivity index (χ1v) is 13.0. The van der Waals surface area contributed by atoms with Gasteiger partial charge >= 0.3 is 0 Å². The Morgan fingerprint density at radius 1 is 1.27 bits per heavy atom. The number of benzene rings is 1. The fourth-order valence-corrected chi connectivity index (χ4v) is 4.86. The minimum atomic E-state index is -0.954. The van der Waals surface area contributed by atoms with Gasteiger partial charge in [-0.05, 0) is 49.3 Å². The second-order valence-corrected chi connectivity index (χ2v) is 10.5. The van der Waals surface area contributed by atoms with Crippen LogP contribution >= 0.6 is 11.6 Å². The van der Waals surface area contributed by atoms with Crippen molar-refractivity contribution in [2.24, 2.45) is 5.92 Å². The summed E-state index contributed by atoms with van der Waals surface area (Å²) in [5, 5.41) is 19.5. The molecule has 196 valence electrons. The van der Waals surface area contributed by atoms with Gasteiger partial charge in [-0.15, -0.1) is 0 Å². The van der Waals surface area contributed by atoms with Crippen molar-refractivity contribution in [1.82, 2.24) is 20.9 Å². The Bertz CT molecular complexity index is 1220. The molecule has 2 heterocycles. The summed E-state index contributed by atoms with van der Waals surface area (Å²) in [5.41, 5.74) is 0.719. The van der Waals surface area contributed by atoms with Crippen LogP contribution in [0.3, 0.4) is 0 Å². The van der Waals surface area contributed by atoms with E-state index in [0.717, 1.165) is 24.8 Å². The summed E-state index contributed by atoms with van der Waals surface area (Å²) >= 11 is 6.35. The average molecular weight is 527 g/mol. The molecule has 9 heteroatoms. The Hall–Kier alpha value is -2.99. The van der Waals surface area contributed by atoms with Crippen LogP contribution in [0.15, 0.2) is 30.5 Å². The van der Waals surface area contributed by atoms with E-state index >= 15 is 4.39 Å². The molecule has 37 heavy (non-hydrogen) atoms. The average Bonchev–Trinajstić information content (AvgIpc) is 2.87. The lowest BCUT2D eigenvalue weighted by Crippen LogP contribution is -2.47. The quantitative estimate of drug-likeness (QED) is 0.440. The van der Waals surface area contributed by atoms with Crippen LogP contribution in [0, 0.1) is 23.6 Å². The molecule has 0 spiro atoms. The highest BCUT2D eigenvalue weighted by Crippen LogP contribution is 2.32. The third kappa shape index (κ3) is 6.67. The van der Waals surface area contributed by atoms with Gasteiger partial charge in [0.1, 0.15) is 23.3 Å². The van der Waals surface area contributed by atoms with Gasteiger partial charge in [-0.2, -0.15) is 0 Å². The summed E-state index contributed by atoms with van der Waals surface area (Å²) in [6.45, 7) is 3.53. The van der Waals surface area contributed by atoms with Gasteiger partial charge in [-0.25, -0.2) is 9.37 Å². The standard InChI is InChI=1S/C28H32ClFN4O3/c1-17(2)27(36)32-16-19-7-9-21(29)24(25(19)30)26-33-22(14-23(35)34-26)18-6-8-20(31-15-18)10-13-28(37)11-4-3-5-12-28/h6-9,15,17,22,26,33,37H,3-5,11-12,14,16H2,1-2H3,(H,32,36)(H,34,35). The Morgan fingerprint density at radius 2 is 2.03 bits per heavy atom. The van der Waals surface area contributed by atoms with Crippen LogP contribution in [0.25, 0.3) is 0 Å². The maximum Gasteiger partial charge on any atom is 0.223 e. The van der Waals surface area contributed by atoms with E-state index in [0.29, 0.717) is 18.5 Å². The van der Waals surface area contributed by atoms with E-state index in [1.807, 2.05) is 6.07 Å². The number of nitrogens with zero attached hydrogens (tertiary/aromatic N) is 1. The first-order chi connectivity index (χ1) is 17.6. The molecule has 0 bridgehead atoms. The van der Waals surface area contributed by atoms with E-state index in [4.69, 9.17) is 11.6 Å². The van der Waals surface area contributed by atoms with Crippen molar-refractivity contribution in [3.05, 3.63) is 63.7 Å². The summed E-state index contributed by atoms with van der Waals surface area (Å²) in [5.74, 6) is 4.69. The van der Waals surface area contributed by atoms with Crippen LogP contribution in [0.1, 0.15) is 87.0 Å². The topological polar surface area (TPSA) is 103 Å². The molecule has 2 amide bonds. The van der Waals surface area contributed by atoms with E-state index < -0.39 is 23.6 Å². The number of amides is 2. The van der Waals surface area contributed by atoms with Gasteiger partial charge < -0.3 is 15.7 Å². The Kier molecular flexibility index (Phi) is 8.48. The van der Waals surface area contributed by atoms with Crippen LogP contribution in [0.5, 0.6) is 0 Å². The van der Waals surface area contributed by atoms with Gasteiger partial charge in [0, 0.05) is 42.2 Å². The van der Waals surface area contributed by atoms with E-state index in [-0.39, 0.29) is 46.8 Å². The first-order valence-electron chi connectivity index (χ1n) is 12.7. The molecule has 1 aliphatic heterocycles. The molecule has 1 saturated carbocycles. The fourth-order valence-electron chi connectivity index (χ4n) is 4.61. The largest absolute Gasteiger partial charge is 0.378 e. The van der Waals surface area contributed by atoms with E-state index in [1.54, 1.807) is 32.2 Å². The molecule has 1 saturated heterocycles. The normalized spacial score (nSPS) is 21.1. The van der Waals surface area contributed by atoms with Gasteiger partial charge in [0.25, 0.3) is 0 Å². The number of hydrogen-bond acceptors (Lipinski definition) is 5. The lowest BCUT2D eigenvalue weighted by atomic mass is 9.85. The maximum atomic E-state index is 15.5. The number of pyridine rings is 1. The van der Waals surface area contributed by atoms with Crippen molar-refractivity contribution in [2.45, 2.75) is 76.7 Å². The van der Waals surface area contributed by atoms with Gasteiger partial charge in [0.15, 0.2) is 0 Å². The minimum Gasteiger partial charge on any atom is -0.378 e. The predicted molar refractivity (Wildman–Crippen MR) is 139 cm³/mol. The SMILES string of the molecule is CC(C)C(=O)NCc1ccc(Cl)c(C2NC(=O)CC(c3ccc(C#CC4(O)CCCCC4)nc3)N2)c1F. The van der Waals surface area contributed by atoms with Gasteiger partial charge in [-0.1, -0.05) is 49.9 Å². The molecule has 2 atom stereocenters. The number of nitrogens with one attached hydrogen (secondary N) is 3. The van der Waals surface area contributed by atoms with Gasteiger partial charge in [0.2, 0.25) is 11.8 Å². The third-order valence-electron chi connectivity index (χ3n) is 6.83. The molecule has 7 nitrogen and oxygen atoms in total. The lowest BCUT2D eigenvalue weighted by molar-refractivity contribution is -0.125. The van der Waals surface area contributed by atoms with Crippen LogP contribution in [0.4, 0.5) is 4.39 Å². The second-order valence-electron chi connectivity index (χ2n) is 10.0. The van der Waals surface area contributed by atoms with Crippen molar-refractivity contribution in [2.75, 3.05) is 0 Å². The van der Waals surface area contributed by atoms with Crippen molar-refractivity contribution in [1.29, 1.82) is 0 Å². The molecular weight excluding hydrogens is 495 g/mol. The maximum absolute atomic E-state index is 15.5. The third-order valence-corrected chi connectivity index (χ3v) is 7.16. The number of rotatable bonds is 5. The number of halogens is 2. The molecule has 1 aliphatic carbocycles. The number of hydrogen-bond donors (Lipinski definition) is 4. The molecule has 4 rings (SSSR count). The minimum absolute atomic E-state index is 0.0126. The molecule has 2 unspecified atom stereocenters. The van der Waals surface area contributed by atoms with Crippen molar-refractivity contribution in [3.8, 4) is 11.8 Å². The highest BCUT2D eigenvalue weighted by Gasteiger charge is 2.32. The fraction of sp³-hybridized carbons (Fsp3) is 0.464. The van der Waals surface area contributed by atoms with Crippen LogP contribution in [0.2, 0.25) is 5.02 Å². The number of aromatic nitrogens is 1. The number of aliphatic hydroxyl groups is 1. The Labute approximate surface area is 221 Å². The lowest BCUT2D eigenvalue weighted by Gasteiger charge is -2.33. The van der Waals surface area contributed by atoms with Crippen LogP contribution in [-0.4, -0.2) is 27.5 Å². The highest BCUT2D eigenvalue weighted by atomic mass is 35.5. The van der Waals surface area contributed by atoms with E-state index in [1.165, 1.54) is 6.07 Å². The van der Waals surface area contributed by atoms with Gasteiger partial charge in [0.05, 0.1) is 5.02 Å². The summed E-state index contributed by atoms with van der Waals surface area (Å²) in [7, 11) is 0. The zero-order chi connectivity index (χ0) is 26.6. The summed E-state index contributed by atoms with van der Waals surface area (Å²) < 4.78 is 15.5. The molecule has 2 aromatic rings. The summed E-state index contributed by atoms with van der Waals surface area (Å²) in [4.78, 5) is 28.9. The summed E-state index contributed by atoms with van der Waals surface area (Å²) in [6.07, 6.45) is 5.32. The molecule has 1 aromatic carbocycles. The summed E-state index contributed by atoms with van der Waals surface area (Å²) in [6, 6.07) is 6.24. The van der Waals surface area contributed by atoms with Crippen molar-refractivity contribution < 1.29 is 19.1 Å². The molecule has 1 aromatic heterocycles. The van der Waals surface area contributed by atoms with Gasteiger partial charge in [-0.3, -0.25) is 14.9 Å². The molecular formula is C28H32ClFN4O3. The van der Waals surface area contributed by atoms with Crippen LogP contribution in [-0.2, 0) is 16.1 Å². The molecule has 2 aliphatic rings. The molecule has 0 radical (unpaired) electrons. The van der Waals surface area contributed by atoms with E-state index in [2.05, 4.69) is 32.8 Å². The Morgan fingerprint density at radius 3 is 2.70 bits per heavy atom. The van der Waals surface area contributed by atoms with Crippen LogP contribution < -0.4 is 16.0 Å². The zero-order valence-corrected chi connectivity index (χ0v) is 21.8. The number of carbonyl (C=O) groups is 2. The molecule has 2 fully saturated rings. The molecule has 4 N–H and O–H groups in total.